The maximum absolute atomic E-state index is 11.6. The van der Waals surface area contributed by atoms with Crippen molar-refractivity contribution in [3.8, 4) is 0 Å². The normalized spacial score (nSPS) is 12.0. The fraction of sp³-hybridized carbons (Fsp3) is 1.00. The molecule has 0 aliphatic carbocycles. The molecule has 50 valence electrons. The van der Waals surface area contributed by atoms with E-state index >= 15 is 0 Å². The SMILES string of the molecule is FC(F)(Cl)CCCCl. The van der Waals surface area contributed by atoms with Crippen molar-refractivity contribution in [2.75, 3.05) is 5.88 Å². The molecular weight excluding hydrogens is 157 g/mol. The monoisotopic (exact) mass is 162 g/mol. The molecule has 0 saturated heterocycles. The van der Waals surface area contributed by atoms with Gasteiger partial charge in [0.25, 0.3) is 0 Å². The molecule has 0 atom stereocenters. The van der Waals surface area contributed by atoms with Crippen molar-refractivity contribution >= 4 is 23.2 Å². The molecule has 0 aromatic heterocycles. The highest BCUT2D eigenvalue weighted by atomic mass is 35.5. The van der Waals surface area contributed by atoms with E-state index in [2.05, 4.69) is 11.6 Å². The number of hydrogen-bond acceptors (Lipinski definition) is 0. The van der Waals surface area contributed by atoms with Gasteiger partial charge >= 0.3 is 5.38 Å². The highest BCUT2D eigenvalue weighted by Gasteiger charge is 2.22. The Labute approximate surface area is 56.8 Å². The molecule has 0 nitrogen and oxygen atoms in total. The van der Waals surface area contributed by atoms with E-state index in [0.717, 1.165) is 0 Å². The Bertz CT molecular complexity index is 59.5. The lowest BCUT2D eigenvalue weighted by Gasteiger charge is -2.03. The third-order valence-electron chi connectivity index (χ3n) is 0.594. The first kappa shape index (κ1) is 8.44. The van der Waals surface area contributed by atoms with Gasteiger partial charge in [-0.15, -0.1) is 11.6 Å². The van der Waals surface area contributed by atoms with E-state index in [0.29, 0.717) is 0 Å². The molecule has 4 heteroatoms. The second-order valence-corrected chi connectivity index (χ2v) is 2.34. The van der Waals surface area contributed by atoms with Gasteiger partial charge in [0.2, 0.25) is 0 Å². The number of hydrogen-bond donors (Lipinski definition) is 0. The van der Waals surface area contributed by atoms with Gasteiger partial charge in [-0.1, -0.05) is 0 Å². The van der Waals surface area contributed by atoms with Crippen LogP contribution in [0, 0.1) is 0 Å². The third-order valence-corrected chi connectivity index (χ3v) is 1.05. The average Bonchev–Trinajstić information content (AvgIpc) is 1.59. The van der Waals surface area contributed by atoms with E-state index in [4.69, 9.17) is 11.6 Å². The molecule has 0 fully saturated rings. The molecular formula is C4H6Cl2F2. The van der Waals surface area contributed by atoms with Gasteiger partial charge in [0.05, 0.1) is 0 Å². The molecule has 0 rings (SSSR count). The Morgan fingerprint density at radius 1 is 1.38 bits per heavy atom. The van der Waals surface area contributed by atoms with Crippen LogP contribution in [0.1, 0.15) is 12.8 Å². The van der Waals surface area contributed by atoms with Crippen LogP contribution in [0.4, 0.5) is 8.78 Å². The molecule has 0 bridgehead atoms. The Morgan fingerprint density at radius 2 is 1.88 bits per heavy atom. The zero-order valence-electron chi connectivity index (χ0n) is 4.13. The molecule has 0 radical (unpaired) electrons. The summed E-state index contributed by atoms with van der Waals surface area (Å²) in [5, 5.41) is -3.06. The van der Waals surface area contributed by atoms with E-state index in [-0.39, 0.29) is 18.7 Å². The van der Waals surface area contributed by atoms with Gasteiger partial charge in [0.1, 0.15) is 0 Å². The highest BCUT2D eigenvalue weighted by Crippen LogP contribution is 2.24. The fourth-order valence-corrected chi connectivity index (χ4v) is 0.535. The first-order valence-corrected chi connectivity index (χ1v) is 3.10. The van der Waals surface area contributed by atoms with Gasteiger partial charge in [0.15, 0.2) is 0 Å². The summed E-state index contributed by atoms with van der Waals surface area (Å²) in [7, 11) is 0. The zero-order chi connectivity index (χ0) is 6.62. The van der Waals surface area contributed by atoms with Crippen LogP contribution >= 0.6 is 23.2 Å². The summed E-state index contributed by atoms with van der Waals surface area (Å²) in [6, 6.07) is 0. The van der Waals surface area contributed by atoms with Gasteiger partial charge in [-0.2, -0.15) is 8.78 Å². The zero-order valence-corrected chi connectivity index (χ0v) is 5.65. The van der Waals surface area contributed by atoms with Crippen LogP contribution in [0.3, 0.4) is 0 Å². The van der Waals surface area contributed by atoms with Crippen molar-refractivity contribution in [1.29, 1.82) is 0 Å². The van der Waals surface area contributed by atoms with Crippen LogP contribution in [0.25, 0.3) is 0 Å². The molecule has 0 spiro atoms. The average molecular weight is 163 g/mol. The largest absolute Gasteiger partial charge is 0.321 e. The second kappa shape index (κ2) is 3.46. The standard InChI is InChI=1S/C4H6Cl2F2/c5-3-1-2-4(6,7)8/h1-3H2. The highest BCUT2D eigenvalue weighted by molar-refractivity contribution is 6.21. The van der Waals surface area contributed by atoms with Crippen LogP contribution in [0.2, 0.25) is 0 Å². The predicted octanol–water partition coefficient (Wildman–Crippen LogP) is 2.84. The molecule has 0 saturated carbocycles. The van der Waals surface area contributed by atoms with Crippen molar-refractivity contribution < 1.29 is 8.78 Å². The molecule has 0 amide bonds. The maximum Gasteiger partial charge on any atom is 0.321 e. The lowest BCUT2D eigenvalue weighted by molar-refractivity contribution is 0.0856. The Kier molecular flexibility index (Phi) is 3.65. The van der Waals surface area contributed by atoms with E-state index in [9.17, 15) is 8.78 Å². The van der Waals surface area contributed by atoms with E-state index < -0.39 is 5.38 Å². The number of alkyl halides is 4. The number of rotatable bonds is 3. The van der Waals surface area contributed by atoms with Crippen LogP contribution in [-0.2, 0) is 0 Å². The van der Waals surface area contributed by atoms with Gasteiger partial charge in [-0.05, 0) is 18.0 Å². The minimum absolute atomic E-state index is 0.238. The van der Waals surface area contributed by atoms with Crippen molar-refractivity contribution in [2.45, 2.75) is 18.2 Å². The summed E-state index contributed by atoms with van der Waals surface area (Å²) in [6.45, 7) is 0. The van der Waals surface area contributed by atoms with Crippen LogP contribution in [0.15, 0.2) is 0 Å². The van der Waals surface area contributed by atoms with Crippen molar-refractivity contribution in [3.05, 3.63) is 0 Å². The number of halogens is 4. The first-order chi connectivity index (χ1) is 3.56. The second-order valence-electron chi connectivity index (χ2n) is 1.41. The van der Waals surface area contributed by atoms with Crippen LogP contribution in [-0.4, -0.2) is 11.3 Å². The lowest BCUT2D eigenvalue weighted by Crippen LogP contribution is -2.04. The van der Waals surface area contributed by atoms with Crippen molar-refractivity contribution in [2.24, 2.45) is 0 Å². The molecule has 0 aromatic rings. The van der Waals surface area contributed by atoms with Gasteiger partial charge < -0.3 is 0 Å². The summed E-state index contributed by atoms with van der Waals surface area (Å²) < 4.78 is 23.2. The van der Waals surface area contributed by atoms with Crippen molar-refractivity contribution in [3.63, 3.8) is 0 Å². The maximum atomic E-state index is 11.6. The van der Waals surface area contributed by atoms with Gasteiger partial charge in [-0.3, -0.25) is 0 Å². The van der Waals surface area contributed by atoms with Gasteiger partial charge in [-0.25, -0.2) is 0 Å². The fourth-order valence-electron chi connectivity index (χ4n) is 0.267. The minimum atomic E-state index is -3.06. The van der Waals surface area contributed by atoms with E-state index in [1.807, 2.05) is 0 Å². The molecule has 0 N–H and O–H groups in total. The molecule has 0 unspecified atom stereocenters. The molecule has 8 heavy (non-hydrogen) atoms. The molecule has 0 aliphatic rings. The van der Waals surface area contributed by atoms with Gasteiger partial charge in [0, 0.05) is 12.3 Å². The lowest BCUT2D eigenvalue weighted by atomic mass is 10.3. The summed E-state index contributed by atoms with van der Waals surface area (Å²) in [6.07, 6.45) is -0.0733. The smallest absolute Gasteiger partial charge is 0.188 e. The first-order valence-electron chi connectivity index (χ1n) is 2.19. The summed E-state index contributed by atoms with van der Waals surface area (Å²) in [4.78, 5) is 0. The summed E-state index contributed by atoms with van der Waals surface area (Å²) >= 11 is 9.64. The quantitative estimate of drug-likeness (QED) is 0.561. The predicted molar refractivity (Wildman–Crippen MR) is 30.8 cm³/mol. The van der Waals surface area contributed by atoms with E-state index in [1.165, 1.54) is 0 Å². The van der Waals surface area contributed by atoms with Crippen molar-refractivity contribution in [1.82, 2.24) is 0 Å². The van der Waals surface area contributed by atoms with Crippen LogP contribution in [0.5, 0.6) is 0 Å². The Hall–Kier alpha value is 0.440. The molecule has 0 aliphatic heterocycles. The summed E-state index contributed by atoms with van der Waals surface area (Å²) in [5.41, 5.74) is 0. The van der Waals surface area contributed by atoms with E-state index in [1.54, 1.807) is 0 Å². The Balaban J connectivity index is 3.11. The topological polar surface area (TPSA) is 0 Å². The third kappa shape index (κ3) is 6.44. The Morgan fingerprint density at radius 3 is 2.00 bits per heavy atom. The molecule has 0 heterocycles. The summed E-state index contributed by atoms with van der Waals surface area (Å²) in [5.74, 6) is 0.238. The minimum Gasteiger partial charge on any atom is -0.188 e. The van der Waals surface area contributed by atoms with Crippen LogP contribution < -0.4 is 0 Å². The molecule has 0 aromatic carbocycles.